The standard InChI is InChI=1S/C11H15NOS2/c1-3-4-5-7-8(11(12)13)6(2)9(14)10(7)15/h7H,3-5H2,1-2H3,(H2,12,13). The molecular weight excluding hydrogens is 226 g/mol. The normalized spacial score (nSPS) is 21.3. The Morgan fingerprint density at radius 2 is 2.07 bits per heavy atom. The van der Waals surface area contributed by atoms with Crippen molar-refractivity contribution in [2.24, 2.45) is 11.7 Å². The van der Waals surface area contributed by atoms with Crippen molar-refractivity contribution in [3.8, 4) is 0 Å². The largest absolute Gasteiger partial charge is 0.366 e. The molecule has 1 unspecified atom stereocenters. The molecule has 0 aromatic heterocycles. The lowest BCUT2D eigenvalue weighted by molar-refractivity contribution is -0.114. The van der Waals surface area contributed by atoms with E-state index in [4.69, 9.17) is 30.2 Å². The van der Waals surface area contributed by atoms with E-state index in [1.165, 1.54) is 0 Å². The highest BCUT2D eigenvalue weighted by atomic mass is 32.1. The zero-order valence-corrected chi connectivity index (χ0v) is 10.6. The molecule has 1 aliphatic carbocycles. The van der Waals surface area contributed by atoms with Crippen LogP contribution in [0, 0.1) is 5.92 Å². The Labute approximate surface area is 101 Å². The number of nitrogens with two attached hydrogens (primary N) is 1. The Hall–Kier alpha value is -0.610. The zero-order valence-electron chi connectivity index (χ0n) is 9.00. The van der Waals surface area contributed by atoms with Crippen LogP contribution in [-0.2, 0) is 4.79 Å². The second-order valence-electron chi connectivity index (χ2n) is 3.79. The molecule has 0 saturated carbocycles. The quantitative estimate of drug-likeness (QED) is 0.768. The molecule has 0 aromatic carbocycles. The summed E-state index contributed by atoms with van der Waals surface area (Å²) in [5.74, 6) is -0.388. The van der Waals surface area contributed by atoms with Crippen molar-refractivity contribution in [2.75, 3.05) is 0 Å². The molecule has 0 heterocycles. The van der Waals surface area contributed by atoms with Crippen molar-refractivity contribution in [1.29, 1.82) is 0 Å². The first kappa shape index (κ1) is 12.5. The molecule has 0 aromatic rings. The average Bonchev–Trinajstić information content (AvgIpc) is 2.39. The van der Waals surface area contributed by atoms with E-state index in [-0.39, 0.29) is 11.8 Å². The number of amides is 1. The average molecular weight is 241 g/mol. The minimum atomic E-state index is -0.379. The lowest BCUT2D eigenvalue weighted by atomic mass is 9.94. The van der Waals surface area contributed by atoms with E-state index in [1.54, 1.807) is 0 Å². The van der Waals surface area contributed by atoms with Gasteiger partial charge in [-0.05, 0) is 18.9 Å². The van der Waals surface area contributed by atoms with Crippen molar-refractivity contribution >= 4 is 40.1 Å². The third kappa shape index (κ3) is 2.32. The highest BCUT2D eigenvalue weighted by Crippen LogP contribution is 2.31. The second-order valence-corrected chi connectivity index (χ2v) is 4.64. The maximum Gasteiger partial charge on any atom is 0.245 e. The smallest absolute Gasteiger partial charge is 0.245 e. The van der Waals surface area contributed by atoms with E-state index in [9.17, 15) is 4.79 Å². The van der Waals surface area contributed by atoms with Gasteiger partial charge >= 0.3 is 0 Å². The van der Waals surface area contributed by atoms with Crippen LogP contribution in [0.2, 0.25) is 0 Å². The van der Waals surface area contributed by atoms with Crippen LogP contribution < -0.4 is 5.73 Å². The number of hydrogen-bond acceptors (Lipinski definition) is 3. The van der Waals surface area contributed by atoms with Gasteiger partial charge in [-0.3, -0.25) is 4.79 Å². The summed E-state index contributed by atoms with van der Waals surface area (Å²) in [6.45, 7) is 3.94. The van der Waals surface area contributed by atoms with Gasteiger partial charge in [-0.1, -0.05) is 44.2 Å². The van der Waals surface area contributed by atoms with Crippen molar-refractivity contribution < 1.29 is 4.79 Å². The molecule has 1 atom stereocenters. The van der Waals surface area contributed by atoms with Gasteiger partial charge in [0, 0.05) is 16.4 Å². The Morgan fingerprint density at radius 3 is 2.53 bits per heavy atom. The van der Waals surface area contributed by atoms with Crippen molar-refractivity contribution in [3.05, 3.63) is 11.1 Å². The number of carbonyl (C=O) groups excluding carboxylic acids is 1. The summed E-state index contributed by atoms with van der Waals surface area (Å²) in [5, 5.41) is 0. The van der Waals surface area contributed by atoms with Gasteiger partial charge in [-0.2, -0.15) is 0 Å². The van der Waals surface area contributed by atoms with E-state index in [0.717, 1.165) is 29.7 Å². The molecule has 0 spiro atoms. The second kappa shape index (κ2) is 4.94. The molecule has 1 rings (SSSR count). The van der Waals surface area contributed by atoms with Crippen LogP contribution in [0.3, 0.4) is 0 Å². The highest BCUT2D eigenvalue weighted by molar-refractivity contribution is 7.90. The number of rotatable bonds is 4. The van der Waals surface area contributed by atoms with E-state index in [1.807, 2.05) is 6.92 Å². The number of hydrogen-bond donors (Lipinski definition) is 1. The Kier molecular flexibility index (Phi) is 4.11. The van der Waals surface area contributed by atoms with E-state index in [2.05, 4.69) is 6.92 Å². The summed E-state index contributed by atoms with van der Waals surface area (Å²) < 4.78 is 0. The van der Waals surface area contributed by atoms with Crippen LogP contribution >= 0.6 is 24.4 Å². The highest BCUT2D eigenvalue weighted by Gasteiger charge is 2.34. The molecule has 1 aliphatic rings. The Bertz CT molecular complexity index is 358. The van der Waals surface area contributed by atoms with E-state index in [0.29, 0.717) is 10.4 Å². The molecule has 15 heavy (non-hydrogen) atoms. The first-order valence-electron chi connectivity index (χ1n) is 5.09. The van der Waals surface area contributed by atoms with Gasteiger partial charge in [0.05, 0.1) is 4.86 Å². The molecular formula is C11H15NOS2. The lowest BCUT2D eigenvalue weighted by Gasteiger charge is -2.11. The molecule has 0 bridgehead atoms. The predicted octanol–water partition coefficient (Wildman–Crippen LogP) is 2.35. The van der Waals surface area contributed by atoms with Crippen LogP contribution in [0.1, 0.15) is 33.1 Å². The summed E-state index contributed by atoms with van der Waals surface area (Å²) in [5.41, 5.74) is 6.81. The fraction of sp³-hybridized carbons (Fsp3) is 0.545. The zero-order chi connectivity index (χ0) is 11.6. The first-order valence-corrected chi connectivity index (χ1v) is 5.91. The molecule has 2 nitrogen and oxygen atoms in total. The van der Waals surface area contributed by atoms with Gasteiger partial charge in [0.25, 0.3) is 0 Å². The summed E-state index contributed by atoms with van der Waals surface area (Å²) in [4.78, 5) is 12.7. The third-order valence-electron chi connectivity index (χ3n) is 2.75. The molecule has 4 heteroatoms. The van der Waals surface area contributed by atoms with Gasteiger partial charge in [-0.25, -0.2) is 0 Å². The van der Waals surface area contributed by atoms with Crippen LogP contribution in [0.15, 0.2) is 11.1 Å². The number of unbranched alkanes of at least 4 members (excludes halogenated alkanes) is 1. The van der Waals surface area contributed by atoms with Gasteiger partial charge in [-0.15, -0.1) is 0 Å². The van der Waals surface area contributed by atoms with Gasteiger partial charge in [0.1, 0.15) is 0 Å². The SMILES string of the molecule is CCCCC1C(=S)C(=S)C(C)=C1C(N)=O. The van der Waals surface area contributed by atoms with Crippen molar-refractivity contribution in [3.63, 3.8) is 0 Å². The first-order chi connectivity index (χ1) is 7.00. The molecule has 82 valence electrons. The molecule has 0 saturated heterocycles. The molecule has 1 amide bonds. The summed E-state index contributed by atoms with van der Waals surface area (Å²) in [6.07, 6.45) is 3.00. The number of thiocarbonyl (C=S) groups is 2. The van der Waals surface area contributed by atoms with Crippen molar-refractivity contribution in [1.82, 2.24) is 0 Å². The van der Waals surface area contributed by atoms with Crippen LogP contribution in [0.5, 0.6) is 0 Å². The summed E-state index contributed by atoms with van der Waals surface area (Å²) >= 11 is 10.4. The van der Waals surface area contributed by atoms with Crippen LogP contribution in [0.4, 0.5) is 0 Å². The lowest BCUT2D eigenvalue weighted by Crippen LogP contribution is -2.22. The molecule has 0 radical (unpaired) electrons. The number of allylic oxidation sites excluding steroid dienone is 1. The maximum absolute atomic E-state index is 11.3. The van der Waals surface area contributed by atoms with Crippen molar-refractivity contribution in [2.45, 2.75) is 33.1 Å². The topological polar surface area (TPSA) is 43.1 Å². The van der Waals surface area contributed by atoms with Gasteiger partial charge in [0.15, 0.2) is 0 Å². The minimum absolute atomic E-state index is 0.00931. The fourth-order valence-corrected chi connectivity index (χ4v) is 2.54. The fourth-order valence-electron chi connectivity index (χ4n) is 1.90. The van der Waals surface area contributed by atoms with Gasteiger partial charge < -0.3 is 5.73 Å². The Balaban J connectivity index is 2.99. The third-order valence-corrected chi connectivity index (χ3v) is 3.89. The Morgan fingerprint density at radius 1 is 1.47 bits per heavy atom. The summed E-state index contributed by atoms with van der Waals surface area (Å²) in [6, 6.07) is 0. The molecule has 0 aliphatic heterocycles. The number of primary amides is 1. The predicted molar refractivity (Wildman–Crippen MR) is 70.1 cm³/mol. The monoisotopic (exact) mass is 241 g/mol. The van der Waals surface area contributed by atoms with Gasteiger partial charge in [0.2, 0.25) is 5.91 Å². The maximum atomic E-state index is 11.3. The minimum Gasteiger partial charge on any atom is -0.366 e. The van der Waals surface area contributed by atoms with Crippen LogP contribution in [0.25, 0.3) is 0 Å². The van der Waals surface area contributed by atoms with E-state index < -0.39 is 0 Å². The molecule has 2 N–H and O–H groups in total. The molecule has 0 fully saturated rings. The number of carbonyl (C=O) groups is 1. The summed E-state index contributed by atoms with van der Waals surface area (Å²) in [7, 11) is 0. The van der Waals surface area contributed by atoms with E-state index >= 15 is 0 Å². The van der Waals surface area contributed by atoms with Crippen LogP contribution in [-0.4, -0.2) is 15.6 Å².